The maximum Gasteiger partial charge on any atom is 0.200 e. The fourth-order valence-corrected chi connectivity index (χ4v) is 3.88. The third kappa shape index (κ3) is 3.73. The van der Waals surface area contributed by atoms with Crippen molar-refractivity contribution in [2.75, 3.05) is 27.3 Å². The van der Waals surface area contributed by atoms with Crippen molar-refractivity contribution >= 4 is 11.0 Å². The van der Waals surface area contributed by atoms with Gasteiger partial charge in [-0.3, -0.25) is 4.79 Å². The number of rotatable bonds is 4. The number of quaternary nitrogens is 1. The molecule has 0 bridgehead atoms. The Labute approximate surface area is 181 Å². The Bertz CT molecular complexity index is 1150. The van der Waals surface area contributed by atoms with Gasteiger partial charge in [0.2, 0.25) is 5.43 Å². The second-order valence-corrected chi connectivity index (χ2v) is 7.70. The number of hydrogen-bond donors (Lipinski definition) is 2. The molecule has 1 aliphatic heterocycles. The molecular weight excluding hydrogens is 406 g/mol. The summed E-state index contributed by atoms with van der Waals surface area (Å²) in [5.41, 5.74) is 3.01. The summed E-state index contributed by atoms with van der Waals surface area (Å²) < 4.78 is 17.4. The van der Waals surface area contributed by atoms with Crippen molar-refractivity contribution < 1.29 is 36.3 Å². The van der Waals surface area contributed by atoms with Crippen molar-refractivity contribution in [3.8, 4) is 28.4 Å². The van der Waals surface area contributed by atoms with Crippen molar-refractivity contribution in [1.82, 2.24) is 0 Å². The quantitative estimate of drug-likeness (QED) is 0.580. The number of nitrogens with one attached hydrogen (secondary N) is 1. The van der Waals surface area contributed by atoms with Crippen molar-refractivity contribution in [1.29, 1.82) is 0 Å². The molecule has 0 amide bonds. The molecule has 0 atom stereocenters. The molecule has 30 heavy (non-hydrogen) atoms. The van der Waals surface area contributed by atoms with Gasteiger partial charge in [-0.25, -0.2) is 0 Å². The zero-order chi connectivity index (χ0) is 20.7. The number of phenols is 1. The number of fused-ring (bicyclic) bond motifs is 2. The number of hydrogen-bond acceptors (Lipinski definition) is 5. The number of aromatic hydroxyl groups is 1. The SMILES string of the molecule is CCc1cc2c(=O)c(-c3ccc4c(c3)OCCO4)c(C)oc2c(C[NH+](C)C)c1O.[Cl-]. The van der Waals surface area contributed by atoms with E-state index in [9.17, 15) is 9.90 Å². The van der Waals surface area contributed by atoms with E-state index < -0.39 is 0 Å². The maximum absolute atomic E-state index is 13.5. The Balaban J connectivity index is 0.00000256. The lowest BCUT2D eigenvalue weighted by Crippen LogP contribution is -3.04. The topological polar surface area (TPSA) is 73.3 Å². The number of ether oxygens (including phenoxy) is 2. The first kappa shape index (κ1) is 22.0. The van der Waals surface area contributed by atoms with Crippen molar-refractivity contribution in [2.45, 2.75) is 26.8 Å². The highest BCUT2D eigenvalue weighted by Crippen LogP contribution is 2.37. The molecule has 0 saturated carbocycles. The molecule has 0 aliphatic carbocycles. The summed E-state index contributed by atoms with van der Waals surface area (Å²) in [6.07, 6.45) is 0.629. The monoisotopic (exact) mass is 431 g/mol. The van der Waals surface area contributed by atoms with Crippen LogP contribution in [0, 0.1) is 6.92 Å². The number of aryl methyl sites for hydroxylation is 2. The van der Waals surface area contributed by atoms with Gasteiger partial charge in [-0.1, -0.05) is 13.0 Å². The van der Waals surface area contributed by atoms with Crippen LogP contribution in [0.2, 0.25) is 0 Å². The van der Waals surface area contributed by atoms with Gasteiger partial charge in [-0.05, 0) is 42.7 Å². The van der Waals surface area contributed by atoms with Gasteiger partial charge in [0.25, 0.3) is 0 Å². The predicted molar refractivity (Wildman–Crippen MR) is 111 cm³/mol. The second-order valence-electron chi connectivity index (χ2n) is 7.70. The molecule has 3 aromatic rings. The predicted octanol–water partition coefficient (Wildman–Crippen LogP) is -0.544. The van der Waals surface area contributed by atoms with Gasteiger partial charge in [-0.15, -0.1) is 0 Å². The van der Waals surface area contributed by atoms with Crippen LogP contribution in [-0.2, 0) is 13.0 Å². The van der Waals surface area contributed by atoms with Crippen LogP contribution in [0.1, 0.15) is 23.8 Å². The van der Waals surface area contributed by atoms with E-state index in [1.807, 2.05) is 39.2 Å². The average molecular weight is 432 g/mol. The normalized spacial score (nSPS) is 12.8. The molecule has 160 valence electrons. The Kier molecular flexibility index (Phi) is 6.29. The summed E-state index contributed by atoms with van der Waals surface area (Å²) in [4.78, 5) is 14.6. The average Bonchev–Trinajstić information content (AvgIpc) is 2.70. The fourth-order valence-electron chi connectivity index (χ4n) is 3.88. The Morgan fingerprint density at radius 3 is 2.47 bits per heavy atom. The van der Waals surface area contributed by atoms with Crippen LogP contribution in [0.15, 0.2) is 33.5 Å². The first-order chi connectivity index (χ1) is 13.9. The van der Waals surface area contributed by atoms with Gasteiger partial charge in [0, 0.05) is 0 Å². The summed E-state index contributed by atoms with van der Waals surface area (Å²) in [7, 11) is 4.00. The first-order valence-electron chi connectivity index (χ1n) is 9.90. The van der Waals surface area contributed by atoms with Crippen LogP contribution in [0.25, 0.3) is 22.1 Å². The number of phenolic OH excluding ortho intramolecular Hbond substituents is 1. The van der Waals surface area contributed by atoms with Crippen LogP contribution in [0.3, 0.4) is 0 Å². The third-order valence-electron chi connectivity index (χ3n) is 5.25. The van der Waals surface area contributed by atoms with Crippen LogP contribution in [-0.4, -0.2) is 32.4 Å². The number of benzene rings is 2. The Hall–Kier alpha value is -2.70. The van der Waals surface area contributed by atoms with E-state index in [1.54, 1.807) is 13.0 Å². The molecule has 0 spiro atoms. The summed E-state index contributed by atoms with van der Waals surface area (Å²) in [6, 6.07) is 7.25. The van der Waals surface area contributed by atoms with E-state index in [4.69, 9.17) is 13.9 Å². The molecule has 7 heteroatoms. The summed E-state index contributed by atoms with van der Waals surface area (Å²) in [5, 5.41) is 11.2. The minimum absolute atomic E-state index is 0. The molecule has 0 unspecified atom stereocenters. The minimum Gasteiger partial charge on any atom is -1.00 e. The molecule has 4 rings (SSSR count). The summed E-state index contributed by atoms with van der Waals surface area (Å²) >= 11 is 0. The van der Waals surface area contributed by atoms with Crippen LogP contribution >= 0.6 is 0 Å². The van der Waals surface area contributed by atoms with Gasteiger partial charge < -0.3 is 36.3 Å². The largest absolute Gasteiger partial charge is 1.00 e. The molecule has 0 radical (unpaired) electrons. The van der Waals surface area contributed by atoms with Crippen molar-refractivity contribution in [3.05, 3.63) is 51.4 Å². The van der Waals surface area contributed by atoms with Gasteiger partial charge in [0.05, 0.1) is 30.6 Å². The fraction of sp³-hybridized carbons (Fsp3) is 0.348. The first-order valence-corrected chi connectivity index (χ1v) is 9.90. The van der Waals surface area contributed by atoms with Crippen LogP contribution < -0.4 is 32.2 Å². The molecule has 1 aliphatic rings. The lowest BCUT2D eigenvalue weighted by molar-refractivity contribution is -0.872. The molecular formula is C23H26ClNO5. The van der Waals surface area contributed by atoms with Gasteiger partial charge in [-0.2, -0.15) is 0 Å². The molecule has 0 saturated heterocycles. The molecule has 2 aromatic carbocycles. The summed E-state index contributed by atoms with van der Waals surface area (Å²) in [6.45, 7) is 5.30. The highest BCUT2D eigenvalue weighted by atomic mass is 35.5. The molecule has 1 aromatic heterocycles. The third-order valence-corrected chi connectivity index (χ3v) is 5.25. The van der Waals surface area contributed by atoms with Gasteiger partial charge in [0.15, 0.2) is 17.1 Å². The zero-order valence-corrected chi connectivity index (χ0v) is 18.4. The van der Waals surface area contributed by atoms with Crippen LogP contribution in [0.5, 0.6) is 17.2 Å². The smallest absolute Gasteiger partial charge is 0.200 e. The highest BCUT2D eigenvalue weighted by molar-refractivity contribution is 5.88. The van der Waals surface area contributed by atoms with Crippen LogP contribution in [0.4, 0.5) is 0 Å². The second kappa shape index (κ2) is 8.58. The van der Waals surface area contributed by atoms with Gasteiger partial charge >= 0.3 is 0 Å². The van der Waals surface area contributed by atoms with Gasteiger partial charge in [0.1, 0.15) is 31.3 Å². The van der Waals surface area contributed by atoms with E-state index in [0.29, 0.717) is 65.5 Å². The molecule has 0 fully saturated rings. The van der Waals surface area contributed by atoms with E-state index >= 15 is 0 Å². The van der Waals surface area contributed by atoms with E-state index in [0.717, 1.165) is 16.0 Å². The molecule has 2 heterocycles. The van der Waals surface area contributed by atoms with E-state index in [1.165, 1.54) is 0 Å². The Morgan fingerprint density at radius 2 is 1.80 bits per heavy atom. The highest BCUT2D eigenvalue weighted by Gasteiger charge is 2.23. The van der Waals surface area contributed by atoms with Crippen molar-refractivity contribution in [3.63, 3.8) is 0 Å². The van der Waals surface area contributed by atoms with E-state index in [2.05, 4.69) is 0 Å². The van der Waals surface area contributed by atoms with Crippen molar-refractivity contribution in [2.24, 2.45) is 0 Å². The lowest BCUT2D eigenvalue weighted by atomic mass is 9.97. The number of halogens is 1. The minimum atomic E-state index is -0.106. The molecule has 6 nitrogen and oxygen atoms in total. The maximum atomic E-state index is 13.5. The Morgan fingerprint density at radius 1 is 1.10 bits per heavy atom. The lowest BCUT2D eigenvalue weighted by Gasteiger charge is -2.19. The standard InChI is InChI=1S/C23H25NO5.ClH/c1-5-14-10-16-22(26)20(15-6-7-18-19(11-15)28-9-8-27-18)13(2)29-23(16)17(21(14)25)12-24(3)4;/h6-7,10-11,25H,5,8-9,12H2,1-4H3;1H. The summed E-state index contributed by atoms with van der Waals surface area (Å²) in [5.74, 6) is 2.04. The van der Waals surface area contributed by atoms with E-state index in [-0.39, 0.29) is 23.6 Å². The molecule has 2 N–H and O–H groups in total. The zero-order valence-electron chi connectivity index (χ0n) is 17.6.